The fourth-order valence-corrected chi connectivity index (χ4v) is 2.55. The number of hydrogen-bond acceptors (Lipinski definition) is 3. The predicted octanol–water partition coefficient (Wildman–Crippen LogP) is 3.79. The van der Waals surface area contributed by atoms with Gasteiger partial charge in [0.05, 0.1) is 10.7 Å². The first-order chi connectivity index (χ1) is 9.19. The normalized spacial score (nSPS) is 15.6. The third kappa shape index (κ3) is 4.36. The van der Waals surface area contributed by atoms with Gasteiger partial charge in [-0.2, -0.15) is 0 Å². The van der Waals surface area contributed by atoms with Gasteiger partial charge in [-0.25, -0.2) is 4.98 Å². The Hall–Kier alpha value is -0.800. The summed E-state index contributed by atoms with van der Waals surface area (Å²) in [5.41, 5.74) is 0.976. The molecular weight excluding hydrogens is 258 g/mol. The van der Waals surface area contributed by atoms with Crippen molar-refractivity contribution in [1.29, 1.82) is 0 Å². The van der Waals surface area contributed by atoms with Gasteiger partial charge in [0.15, 0.2) is 0 Å². The van der Waals surface area contributed by atoms with E-state index in [0.29, 0.717) is 0 Å². The Labute approximate surface area is 121 Å². The van der Waals surface area contributed by atoms with E-state index in [0.717, 1.165) is 48.5 Å². The van der Waals surface area contributed by atoms with E-state index in [9.17, 15) is 0 Å². The van der Waals surface area contributed by atoms with Crippen LogP contribution in [0.5, 0.6) is 0 Å². The van der Waals surface area contributed by atoms with Crippen LogP contribution in [0.25, 0.3) is 0 Å². The van der Waals surface area contributed by atoms with Crippen molar-refractivity contribution in [3.05, 3.63) is 22.8 Å². The molecule has 0 aliphatic heterocycles. The second kappa shape index (κ2) is 7.11. The van der Waals surface area contributed by atoms with Crippen molar-refractivity contribution in [2.24, 2.45) is 5.92 Å². The van der Waals surface area contributed by atoms with E-state index in [1.165, 1.54) is 19.3 Å². The lowest BCUT2D eigenvalue weighted by atomic mass is 9.85. The van der Waals surface area contributed by atoms with E-state index < -0.39 is 0 Å². The first-order valence-electron chi connectivity index (χ1n) is 7.27. The van der Waals surface area contributed by atoms with Crippen LogP contribution in [-0.2, 0) is 6.54 Å². The van der Waals surface area contributed by atoms with Crippen molar-refractivity contribution in [1.82, 2.24) is 9.88 Å². The quantitative estimate of drug-likeness (QED) is 0.824. The molecule has 2 rings (SSSR count). The van der Waals surface area contributed by atoms with Gasteiger partial charge in [-0.15, -0.1) is 0 Å². The van der Waals surface area contributed by atoms with Gasteiger partial charge in [0.1, 0.15) is 5.82 Å². The number of nitrogens with one attached hydrogen (secondary N) is 1. The summed E-state index contributed by atoms with van der Waals surface area (Å²) in [6, 6.07) is 3.90. The predicted molar refractivity (Wildman–Crippen MR) is 81.7 cm³/mol. The molecule has 0 unspecified atom stereocenters. The topological polar surface area (TPSA) is 28.2 Å². The van der Waals surface area contributed by atoms with Crippen LogP contribution >= 0.6 is 11.6 Å². The first kappa shape index (κ1) is 14.6. The summed E-state index contributed by atoms with van der Waals surface area (Å²) in [6.07, 6.45) is 5.25. The summed E-state index contributed by atoms with van der Waals surface area (Å²) in [5, 5.41) is 4.08. The fourth-order valence-electron chi connectivity index (χ4n) is 2.38. The summed E-state index contributed by atoms with van der Waals surface area (Å²) in [6.45, 7) is 5.09. The molecule has 1 aromatic heterocycles. The highest BCUT2D eigenvalue weighted by Gasteiger charge is 2.19. The zero-order valence-corrected chi connectivity index (χ0v) is 12.7. The van der Waals surface area contributed by atoms with E-state index in [2.05, 4.69) is 29.2 Å². The number of anilines is 1. The standard InChI is InChI=1S/C15H24ClN3/c1-3-9-17-15-8-7-13(16)14(18-15)11-19(2)10-12-5-4-6-12/h7-8,12H,3-6,9-11H2,1-2H3,(H,17,18). The molecule has 0 aromatic carbocycles. The average Bonchev–Trinajstić information content (AvgIpc) is 2.35. The van der Waals surface area contributed by atoms with Gasteiger partial charge in [-0.1, -0.05) is 24.9 Å². The molecule has 1 heterocycles. The first-order valence-corrected chi connectivity index (χ1v) is 7.64. The van der Waals surface area contributed by atoms with Crippen molar-refractivity contribution in [3.63, 3.8) is 0 Å². The van der Waals surface area contributed by atoms with Crippen molar-refractivity contribution in [2.75, 3.05) is 25.5 Å². The van der Waals surface area contributed by atoms with Gasteiger partial charge in [0, 0.05) is 19.6 Å². The van der Waals surface area contributed by atoms with E-state index in [1.807, 2.05) is 12.1 Å². The minimum atomic E-state index is 0.766. The Balaban J connectivity index is 1.93. The lowest BCUT2D eigenvalue weighted by Gasteiger charge is -2.30. The minimum absolute atomic E-state index is 0.766. The van der Waals surface area contributed by atoms with Crippen LogP contribution in [0, 0.1) is 5.92 Å². The third-order valence-electron chi connectivity index (χ3n) is 3.69. The Morgan fingerprint density at radius 1 is 1.42 bits per heavy atom. The molecule has 0 saturated heterocycles. The zero-order chi connectivity index (χ0) is 13.7. The maximum Gasteiger partial charge on any atom is 0.126 e. The molecule has 4 heteroatoms. The Kier molecular flexibility index (Phi) is 5.46. The number of aromatic nitrogens is 1. The molecule has 0 atom stereocenters. The lowest BCUT2D eigenvalue weighted by Crippen LogP contribution is -2.29. The van der Waals surface area contributed by atoms with Crippen molar-refractivity contribution < 1.29 is 0 Å². The van der Waals surface area contributed by atoms with Gasteiger partial charge in [-0.3, -0.25) is 0 Å². The Morgan fingerprint density at radius 3 is 2.84 bits per heavy atom. The van der Waals surface area contributed by atoms with Crippen LogP contribution in [0.4, 0.5) is 5.82 Å². The van der Waals surface area contributed by atoms with Crippen molar-refractivity contribution >= 4 is 17.4 Å². The van der Waals surface area contributed by atoms with E-state index in [4.69, 9.17) is 11.6 Å². The fraction of sp³-hybridized carbons (Fsp3) is 0.667. The van der Waals surface area contributed by atoms with Crippen LogP contribution in [0.3, 0.4) is 0 Å². The molecule has 0 bridgehead atoms. The monoisotopic (exact) mass is 281 g/mol. The molecule has 3 nitrogen and oxygen atoms in total. The smallest absolute Gasteiger partial charge is 0.126 e. The third-order valence-corrected chi connectivity index (χ3v) is 4.03. The van der Waals surface area contributed by atoms with Crippen LogP contribution in [-0.4, -0.2) is 30.0 Å². The lowest BCUT2D eigenvalue weighted by molar-refractivity contribution is 0.199. The van der Waals surface area contributed by atoms with Crippen molar-refractivity contribution in [3.8, 4) is 0 Å². The molecule has 1 N–H and O–H groups in total. The Bertz CT molecular complexity index is 404. The molecule has 19 heavy (non-hydrogen) atoms. The summed E-state index contributed by atoms with van der Waals surface area (Å²) in [4.78, 5) is 6.95. The van der Waals surface area contributed by atoms with E-state index in [1.54, 1.807) is 0 Å². The number of nitrogens with zero attached hydrogens (tertiary/aromatic N) is 2. The average molecular weight is 282 g/mol. The zero-order valence-electron chi connectivity index (χ0n) is 12.0. The van der Waals surface area contributed by atoms with Crippen LogP contribution in [0.1, 0.15) is 38.3 Å². The molecule has 1 aromatic rings. The highest BCUT2D eigenvalue weighted by atomic mass is 35.5. The number of hydrogen-bond donors (Lipinski definition) is 1. The van der Waals surface area contributed by atoms with Crippen molar-refractivity contribution in [2.45, 2.75) is 39.2 Å². The summed E-state index contributed by atoms with van der Waals surface area (Å²) >= 11 is 6.24. The van der Waals surface area contributed by atoms with Gasteiger partial charge in [0.25, 0.3) is 0 Å². The highest BCUT2D eigenvalue weighted by molar-refractivity contribution is 6.31. The number of halogens is 1. The number of pyridine rings is 1. The molecule has 1 saturated carbocycles. The van der Waals surface area contributed by atoms with E-state index in [-0.39, 0.29) is 0 Å². The van der Waals surface area contributed by atoms with E-state index >= 15 is 0 Å². The molecule has 1 aliphatic rings. The molecule has 1 fully saturated rings. The molecule has 0 amide bonds. The second-order valence-corrected chi connectivity index (χ2v) is 5.95. The number of rotatable bonds is 7. The maximum atomic E-state index is 6.24. The van der Waals surface area contributed by atoms with Gasteiger partial charge in [-0.05, 0) is 44.4 Å². The minimum Gasteiger partial charge on any atom is -0.370 e. The van der Waals surface area contributed by atoms with Crippen LogP contribution < -0.4 is 5.32 Å². The summed E-state index contributed by atoms with van der Waals surface area (Å²) in [7, 11) is 2.16. The molecule has 0 radical (unpaired) electrons. The van der Waals surface area contributed by atoms with Crippen LogP contribution in [0.2, 0.25) is 5.02 Å². The maximum absolute atomic E-state index is 6.24. The SMILES string of the molecule is CCCNc1ccc(Cl)c(CN(C)CC2CCC2)n1. The Morgan fingerprint density at radius 2 is 2.21 bits per heavy atom. The van der Waals surface area contributed by atoms with Gasteiger partial charge < -0.3 is 10.2 Å². The van der Waals surface area contributed by atoms with Gasteiger partial charge in [0.2, 0.25) is 0 Å². The summed E-state index contributed by atoms with van der Waals surface area (Å²) < 4.78 is 0. The molecule has 1 aliphatic carbocycles. The van der Waals surface area contributed by atoms with Gasteiger partial charge >= 0.3 is 0 Å². The molecule has 106 valence electrons. The van der Waals surface area contributed by atoms with Crippen LogP contribution in [0.15, 0.2) is 12.1 Å². The highest BCUT2D eigenvalue weighted by Crippen LogP contribution is 2.27. The second-order valence-electron chi connectivity index (χ2n) is 5.55. The molecule has 0 spiro atoms. The molecular formula is C15H24ClN3. The largest absolute Gasteiger partial charge is 0.370 e. The summed E-state index contributed by atoms with van der Waals surface area (Å²) in [5.74, 6) is 1.81.